The lowest BCUT2D eigenvalue weighted by molar-refractivity contribution is -0.174. The van der Waals surface area contributed by atoms with E-state index in [2.05, 4.69) is 13.8 Å². The molecule has 0 amide bonds. The Morgan fingerprint density at radius 1 is 1.41 bits per heavy atom. The molecule has 3 unspecified atom stereocenters. The van der Waals surface area contributed by atoms with E-state index < -0.39 is 17.7 Å². The zero-order valence-electron chi connectivity index (χ0n) is 16.3. The summed E-state index contributed by atoms with van der Waals surface area (Å²) in [5.74, 6) is 0.0897. The first-order chi connectivity index (χ1) is 12.7. The lowest BCUT2D eigenvalue weighted by Gasteiger charge is -2.58. The molecule has 8 atom stereocenters. The molecule has 0 bridgehead atoms. The predicted molar refractivity (Wildman–Crippen MR) is 105 cm³/mol. The number of aliphatic hydroxyl groups excluding tert-OH is 1. The molecule has 3 fully saturated rings. The van der Waals surface area contributed by atoms with Crippen LogP contribution < -0.4 is 0 Å². The number of Topliss-reactive ketones (excluding diaryl/α,β-unsaturated/α-hetero) is 1. The van der Waals surface area contributed by atoms with Crippen LogP contribution in [0, 0.1) is 35.0 Å². The second-order valence-corrected chi connectivity index (χ2v) is 10.2. The largest absolute Gasteiger partial charge is 0.390 e. The van der Waals surface area contributed by atoms with Crippen LogP contribution in [0.1, 0.15) is 39.5 Å². The van der Waals surface area contributed by atoms with E-state index in [1.807, 2.05) is 6.26 Å². The van der Waals surface area contributed by atoms with E-state index in [0.29, 0.717) is 25.0 Å². The van der Waals surface area contributed by atoms with Crippen LogP contribution in [0.15, 0.2) is 23.8 Å². The highest BCUT2D eigenvalue weighted by Gasteiger charge is 2.68. The number of hydrogen-bond acceptors (Lipinski definition) is 4. The van der Waals surface area contributed by atoms with E-state index in [4.69, 9.17) is 0 Å². The van der Waals surface area contributed by atoms with Crippen molar-refractivity contribution in [3.05, 3.63) is 23.8 Å². The van der Waals surface area contributed by atoms with Gasteiger partial charge in [-0.05, 0) is 61.3 Å². The molecular weight excluding hydrogens is 363 g/mol. The topological polar surface area (TPSA) is 54.4 Å². The average Bonchev–Trinajstić information content (AvgIpc) is 2.85. The summed E-state index contributed by atoms with van der Waals surface area (Å²) in [6, 6.07) is 0. The summed E-state index contributed by atoms with van der Waals surface area (Å²) in [5, 5.41) is 11.1. The number of alkyl halides is 1. The molecule has 0 aliphatic heterocycles. The Bertz CT molecular complexity index is 731. The van der Waals surface area contributed by atoms with Gasteiger partial charge in [0.1, 0.15) is 11.5 Å². The maximum absolute atomic E-state index is 16.5. The van der Waals surface area contributed by atoms with E-state index in [1.54, 1.807) is 12.2 Å². The van der Waals surface area contributed by atoms with E-state index in [0.717, 1.165) is 12.0 Å². The van der Waals surface area contributed by atoms with Crippen molar-refractivity contribution in [3.8, 4) is 0 Å². The molecule has 3 nitrogen and oxygen atoms in total. The van der Waals surface area contributed by atoms with Gasteiger partial charge < -0.3 is 5.11 Å². The van der Waals surface area contributed by atoms with Gasteiger partial charge in [-0.15, -0.1) is 0 Å². The van der Waals surface area contributed by atoms with Crippen molar-refractivity contribution in [2.75, 3.05) is 12.0 Å². The van der Waals surface area contributed by atoms with Crippen molar-refractivity contribution in [3.63, 3.8) is 0 Å². The molecule has 5 heteroatoms. The minimum absolute atomic E-state index is 0.0874. The molecule has 0 aromatic carbocycles. The van der Waals surface area contributed by atoms with Gasteiger partial charge in [-0.2, -0.15) is 11.8 Å². The van der Waals surface area contributed by atoms with Gasteiger partial charge in [0, 0.05) is 17.8 Å². The summed E-state index contributed by atoms with van der Waals surface area (Å²) in [6.07, 6.45) is 8.03. The Labute approximate surface area is 164 Å². The molecule has 3 saturated carbocycles. The Morgan fingerprint density at radius 2 is 2.15 bits per heavy atom. The van der Waals surface area contributed by atoms with Crippen LogP contribution in [0.25, 0.3) is 0 Å². The van der Waals surface area contributed by atoms with Gasteiger partial charge in [-0.25, -0.2) is 4.39 Å². The van der Waals surface area contributed by atoms with Crippen LogP contribution in [-0.4, -0.2) is 40.5 Å². The molecule has 1 N–H and O–H groups in total. The van der Waals surface area contributed by atoms with E-state index in [-0.39, 0.29) is 40.7 Å². The highest BCUT2D eigenvalue weighted by Crippen LogP contribution is 2.67. The molecule has 0 aromatic rings. The quantitative estimate of drug-likeness (QED) is 0.795. The minimum atomic E-state index is -1.73. The molecule has 4 aliphatic rings. The number of allylic oxidation sites excluding steroid dienone is 4. The molecule has 0 radical (unpaired) electrons. The summed E-state index contributed by atoms with van der Waals surface area (Å²) in [4.78, 5) is 24.6. The lowest BCUT2D eigenvalue weighted by Crippen LogP contribution is -2.63. The average molecular weight is 393 g/mol. The maximum Gasteiger partial charge on any atom is 0.178 e. The number of fused-ring (bicyclic) bond motifs is 5. The van der Waals surface area contributed by atoms with Crippen LogP contribution in [0.4, 0.5) is 4.39 Å². The third kappa shape index (κ3) is 2.64. The molecule has 4 rings (SSSR count). The van der Waals surface area contributed by atoms with Gasteiger partial charge in [-0.3, -0.25) is 9.59 Å². The highest BCUT2D eigenvalue weighted by atomic mass is 32.2. The molecule has 148 valence electrons. The van der Waals surface area contributed by atoms with E-state index >= 15 is 4.39 Å². The van der Waals surface area contributed by atoms with Crippen LogP contribution in [-0.2, 0) is 9.59 Å². The predicted octanol–water partition coefficient (Wildman–Crippen LogP) is 3.76. The lowest BCUT2D eigenvalue weighted by atomic mass is 9.49. The normalized spacial score (nSPS) is 48.5. The van der Waals surface area contributed by atoms with Gasteiger partial charge >= 0.3 is 0 Å². The number of thioether (sulfide) groups is 1. The van der Waals surface area contributed by atoms with Crippen LogP contribution in [0.5, 0.6) is 0 Å². The third-order valence-electron chi connectivity index (χ3n) is 7.98. The molecule has 0 saturated heterocycles. The molecule has 0 aromatic heterocycles. The summed E-state index contributed by atoms with van der Waals surface area (Å²) in [7, 11) is 0. The summed E-state index contributed by atoms with van der Waals surface area (Å²) < 4.78 is 16.5. The Balaban J connectivity index is 1.72. The summed E-state index contributed by atoms with van der Waals surface area (Å²) in [6.45, 7) is 4.23. The first-order valence-electron chi connectivity index (χ1n) is 10.0. The smallest absolute Gasteiger partial charge is 0.178 e. The number of rotatable bonds is 3. The highest BCUT2D eigenvalue weighted by molar-refractivity contribution is 7.99. The second kappa shape index (κ2) is 6.55. The standard InChI is InChI=1S/C22H29FO3S/c1-12-8-17-16-6-4-13-9-14(24)5-7-15(13)22(16,23)19(26)10-21(17,2)20(12)18(25)11-27-3/h5,7,9,12,15-17,19-20,26H,4,6,8,10-11H2,1-3H3/t12-,15?,16?,17?,19+,20-,21+,22+/m1/s1. The van der Waals surface area contributed by atoms with Crippen molar-refractivity contribution >= 4 is 23.3 Å². The van der Waals surface area contributed by atoms with Crippen molar-refractivity contribution < 1.29 is 19.1 Å². The Hall–Kier alpha value is -0.940. The van der Waals surface area contributed by atoms with Crippen LogP contribution in [0.3, 0.4) is 0 Å². The SMILES string of the molecule is CSCC(=O)[C@H]1[C@H](C)CC2C3CCC4=CC(=O)C=CC4[C@@]3(F)[C@@H](O)C[C@@]21C. The minimum Gasteiger partial charge on any atom is -0.390 e. The summed E-state index contributed by atoms with van der Waals surface area (Å²) in [5.41, 5.74) is -1.26. The second-order valence-electron chi connectivity index (χ2n) is 9.35. The first-order valence-corrected chi connectivity index (χ1v) is 11.4. The van der Waals surface area contributed by atoms with Gasteiger partial charge in [0.05, 0.1) is 11.9 Å². The molecule has 27 heavy (non-hydrogen) atoms. The number of carbonyl (C=O) groups excluding carboxylic acids is 2. The van der Waals surface area contributed by atoms with Crippen molar-refractivity contribution in [2.45, 2.75) is 51.3 Å². The number of aliphatic hydroxyl groups is 1. The summed E-state index contributed by atoms with van der Waals surface area (Å²) >= 11 is 1.54. The Morgan fingerprint density at radius 3 is 2.85 bits per heavy atom. The number of carbonyl (C=O) groups is 2. The fourth-order valence-electron chi connectivity index (χ4n) is 7.11. The van der Waals surface area contributed by atoms with Crippen molar-refractivity contribution in [1.29, 1.82) is 0 Å². The zero-order chi connectivity index (χ0) is 19.6. The fourth-order valence-corrected chi connectivity index (χ4v) is 7.58. The Kier molecular flexibility index (Phi) is 4.70. The van der Waals surface area contributed by atoms with Crippen LogP contribution in [0.2, 0.25) is 0 Å². The van der Waals surface area contributed by atoms with Crippen molar-refractivity contribution in [1.82, 2.24) is 0 Å². The number of hydrogen-bond donors (Lipinski definition) is 1. The van der Waals surface area contributed by atoms with E-state index in [9.17, 15) is 14.7 Å². The van der Waals surface area contributed by atoms with Gasteiger partial charge in [0.25, 0.3) is 0 Å². The molecular formula is C22H29FO3S. The molecule has 0 heterocycles. The molecule has 4 aliphatic carbocycles. The number of ketones is 2. The number of halogens is 1. The van der Waals surface area contributed by atoms with Crippen molar-refractivity contribution in [2.24, 2.45) is 35.0 Å². The van der Waals surface area contributed by atoms with E-state index in [1.165, 1.54) is 17.8 Å². The van der Waals surface area contributed by atoms with Gasteiger partial charge in [0.2, 0.25) is 0 Å². The first kappa shape index (κ1) is 19.4. The zero-order valence-corrected chi connectivity index (χ0v) is 17.1. The monoisotopic (exact) mass is 392 g/mol. The van der Waals surface area contributed by atoms with Gasteiger partial charge in [0.15, 0.2) is 5.78 Å². The third-order valence-corrected chi connectivity index (χ3v) is 8.56. The van der Waals surface area contributed by atoms with Crippen LogP contribution >= 0.6 is 11.8 Å². The fraction of sp³-hybridized carbons (Fsp3) is 0.727. The molecule has 0 spiro atoms. The van der Waals surface area contributed by atoms with Gasteiger partial charge in [-0.1, -0.05) is 25.5 Å². The maximum atomic E-state index is 16.5.